The fourth-order valence-corrected chi connectivity index (χ4v) is 3.16. The van der Waals surface area contributed by atoms with Crippen LogP contribution >= 0.6 is 12.2 Å². The maximum Gasteiger partial charge on any atom is 0.250 e. The Morgan fingerprint density at radius 3 is 2.45 bits per heavy atom. The van der Waals surface area contributed by atoms with E-state index in [-0.39, 0.29) is 11.0 Å². The predicted octanol–water partition coefficient (Wildman–Crippen LogP) is 5.63. The molecular weight excluding hydrogens is 380 g/mol. The minimum Gasteiger partial charge on any atom is -0.457 e. The second-order valence-corrected chi connectivity index (χ2v) is 6.81. The van der Waals surface area contributed by atoms with Crippen LogP contribution < -0.4 is 10.6 Å². The standard InChI is InChI=1S/C24H18N2O2S/c27-23(15-13-21-12-14-22(28-21)18-7-2-1-3-8-18)26-24(29)25-20-11-10-17-6-4-5-9-19(17)16-20/h1-16H,(H2,25,26,27,29)/b15-13+. The highest BCUT2D eigenvalue weighted by Gasteiger charge is 2.05. The lowest BCUT2D eigenvalue weighted by molar-refractivity contribution is -0.115. The highest BCUT2D eigenvalue weighted by molar-refractivity contribution is 7.80. The van der Waals surface area contributed by atoms with Crippen LogP contribution in [0, 0.1) is 0 Å². The van der Waals surface area contributed by atoms with Gasteiger partial charge in [0.05, 0.1) is 0 Å². The minimum atomic E-state index is -0.332. The lowest BCUT2D eigenvalue weighted by Gasteiger charge is -2.09. The maximum absolute atomic E-state index is 12.1. The van der Waals surface area contributed by atoms with E-state index in [9.17, 15) is 4.79 Å². The van der Waals surface area contributed by atoms with Crippen LogP contribution in [0.4, 0.5) is 5.69 Å². The molecule has 1 amide bonds. The van der Waals surface area contributed by atoms with Gasteiger partial charge in [-0.3, -0.25) is 10.1 Å². The highest BCUT2D eigenvalue weighted by atomic mass is 32.1. The van der Waals surface area contributed by atoms with Crippen LogP contribution in [0.3, 0.4) is 0 Å². The number of amides is 1. The zero-order valence-corrected chi connectivity index (χ0v) is 16.3. The van der Waals surface area contributed by atoms with Crippen molar-refractivity contribution in [2.24, 2.45) is 0 Å². The molecule has 0 radical (unpaired) electrons. The summed E-state index contributed by atoms with van der Waals surface area (Å²) in [6.45, 7) is 0. The van der Waals surface area contributed by atoms with E-state index in [1.807, 2.05) is 84.9 Å². The van der Waals surface area contributed by atoms with E-state index in [1.165, 1.54) is 6.08 Å². The number of carbonyl (C=O) groups is 1. The highest BCUT2D eigenvalue weighted by Crippen LogP contribution is 2.22. The fourth-order valence-electron chi connectivity index (χ4n) is 2.94. The van der Waals surface area contributed by atoms with Gasteiger partial charge in [-0.15, -0.1) is 0 Å². The van der Waals surface area contributed by atoms with Crippen LogP contribution in [0.25, 0.3) is 28.2 Å². The number of nitrogens with one attached hydrogen (secondary N) is 2. The number of fused-ring (bicyclic) bond motifs is 1. The quantitative estimate of drug-likeness (QED) is 0.346. The summed E-state index contributed by atoms with van der Waals surface area (Å²) in [6, 6.07) is 27.4. The second kappa shape index (κ2) is 8.54. The first kappa shape index (κ1) is 18.7. The molecule has 1 heterocycles. The molecule has 29 heavy (non-hydrogen) atoms. The van der Waals surface area contributed by atoms with E-state index in [2.05, 4.69) is 10.6 Å². The third kappa shape index (κ3) is 4.78. The van der Waals surface area contributed by atoms with E-state index in [0.717, 1.165) is 27.8 Å². The van der Waals surface area contributed by atoms with Gasteiger partial charge in [-0.1, -0.05) is 60.7 Å². The van der Waals surface area contributed by atoms with Crippen molar-refractivity contribution < 1.29 is 9.21 Å². The van der Waals surface area contributed by atoms with Crippen molar-refractivity contribution in [3.05, 3.63) is 96.8 Å². The third-order valence-electron chi connectivity index (χ3n) is 4.33. The Morgan fingerprint density at radius 1 is 0.862 bits per heavy atom. The Labute approximate surface area is 173 Å². The zero-order valence-electron chi connectivity index (χ0n) is 15.5. The lowest BCUT2D eigenvalue weighted by atomic mass is 10.1. The van der Waals surface area contributed by atoms with E-state index in [4.69, 9.17) is 16.6 Å². The van der Waals surface area contributed by atoms with Gasteiger partial charge in [0.25, 0.3) is 0 Å². The van der Waals surface area contributed by atoms with Crippen molar-refractivity contribution in [1.29, 1.82) is 0 Å². The van der Waals surface area contributed by atoms with Crippen molar-refractivity contribution in [2.45, 2.75) is 0 Å². The molecule has 2 N–H and O–H groups in total. The van der Waals surface area contributed by atoms with Crippen LogP contribution in [-0.4, -0.2) is 11.0 Å². The molecular formula is C24H18N2O2S. The number of anilines is 1. The van der Waals surface area contributed by atoms with Crippen molar-refractivity contribution in [1.82, 2.24) is 5.32 Å². The summed E-state index contributed by atoms with van der Waals surface area (Å²) >= 11 is 5.23. The first-order chi connectivity index (χ1) is 14.2. The molecule has 3 aromatic carbocycles. The Balaban J connectivity index is 1.35. The number of furan rings is 1. The molecule has 0 aliphatic rings. The summed E-state index contributed by atoms with van der Waals surface area (Å²) in [7, 11) is 0. The third-order valence-corrected chi connectivity index (χ3v) is 4.53. The van der Waals surface area contributed by atoms with Crippen LogP contribution in [0.1, 0.15) is 5.76 Å². The predicted molar refractivity (Wildman–Crippen MR) is 121 cm³/mol. The van der Waals surface area contributed by atoms with Gasteiger partial charge in [0, 0.05) is 17.3 Å². The minimum absolute atomic E-state index is 0.236. The van der Waals surface area contributed by atoms with Crippen LogP contribution in [0.5, 0.6) is 0 Å². The topological polar surface area (TPSA) is 54.3 Å². The van der Waals surface area contributed by atoms with E-state index >= 15 is 0 Å². The van der Waals surface area contributed by atoms with Gasteiger partial charge in [0.1, 0.15) is 11.5 Å². The average Bonchev–Trinajstić information content (AvgIpc) is 3.22. The molecule has 0 aliphatic heterocycles. The molecule has 0 fully saturated rings. The van der Waals surface area contributed by atoms with Crippen LogP contribution in [0.2, 0.25) is 0 Å². The van der Waals surface area contributed by atoms with Gasteiger partial charge >= 0.3 is 0 Å². The molecule has 0 bridgehead atoms. The number of thiocarbonyl (C=S) groups is 1. The number of rotatable bonds is 4. The molecule has 4 aromatic rings. The summed E-state index contributed by atoms with van der Waals surface area (Å²) in [5.41, 5.74) is 1.80. The first-order valence-electron chi connectivity index (χ1n) is 9.11. The fraction of sp³-hybridized carbons (Fsp3) is 0. The summed E-state index contributed by atoms with van der Waals surface area (Å²) < 4.78 is 5.75. The number of carbonyl (C=O) groups excluding carboxylic acids is 1. The molecule has 1 aromatic heterocycles. The molecule has 4 nitrogen and oxygen atoms in total. The molecule has 0 aliphatic carbocycles. The summed E-state index contributed by atoms with van der Waals surface area (Å²) in [5.74, 6) is 1.01. The second-order valence-electron chi connectivity index (χ2n) is 6.41. The molecule has 142 valence electrons. The molecule has 4 rings (SSSR count). The molecule has 0 atom stereocenters. The van der Waals surface area contributed by atoms with Gasteiger partial charge in [-0.05, 0) is 53.3 Å². The monoisotopic (exact) mass is 398 g/mol. The van der Waals surface area contributed by atoms with E-state index in [0.29, 0.717) is 5.76 Å². The average molecular weight is 398 g/mol. The summed E-state index contributed by atoms with van der Waals surface area (Å²) in [4.78, 5) is 12.1. The Hall–Kier alpha value is -3.70. The van der Waals surface area contributed by atoms with Crippen LogP contribution in [-0.2, 0) is 4.79 Å². The van der Waals surface area contributed by atoms with E-state index < -0.39 is 0 Å². The van der Waals surface area contributed by atoms with Crippen molar-refractivity contribution in [3.8, 4) is 11.3 Å². The first-order valence-corrected chi connectivity index (χ1v) is 9.52. The van der Waals surface area contributed by atoms with Crippen molar-refractivity contribution in [3.63, 3.8) is 0 Å². The normalized spacial score (nSPS) is 10.9. The molecule has 0 saturated carbocycles. The smallest absolute Gasteiger partial charge is 0.250 e. The van der Waals surface area contributed by atoms with Crippen molar-refractivity contribution in [2.75, 3.05) is 5.32 Å². The number of hydrogen-bond donors (Lipinski definition) is 2. The Morgan fingerprint density at radius 2 is 1.62 bits per heavy atom. The zero-order chi connectivity index (χ0) is 20.1. The van der Waals surface area contributed by atoms with Gasteiger partial charge in [0.2, 0.25) is 5.91 Å². The van der Waals surface area contributed by atoms with E-state index in [1.54, 1.807) is 6.08 Å². The lowest BCUT2D eigenvalue weighted by Crippen LogP contribution is -2.32. The maximum atomic E-state index is 12.1. The Bertz CT molecular complexity index is 1200. The van der Waals surface area contributed by atoms with Gasteiger partial charge in [-0.25, -0.2) is 0 Å². The number of hydrogen-bond acceptors (Lipinski definition) is 3. The largest absolute Gasteiger partial charge is 0.457 e. The van der Waals surface area contributed by atoms with Crippen molar-refractivity contribution >= 4 is 45.8 Å². The number of benzene rings is 3. The molecule has 0 spiro atoms. The molecule has 0 unspecified atom stereocenters. The summed E-state index contributed by atoms with van der Waals surface area (Å²) in [6.07, 6.45) is 3.00. The summed E-state index contributed by atoms with van der Waals surface area (Å²) in [5, 5.41) is 8.14. The molecule has 5 heteroatoms. The molecule has 0 saturated heterocycles. The van der Waals surface area contributed by atoms with Gasteiger partial charge in [0.15, 0.2) is 5.11 Å². The van der Waals surface area contributed by atoms with Gasteiger partial charge < -0.3 is 9.73 Å². The SMILES string of the molecule is O=C(/C=C/c1ccc(-c2ccccc2)o1)NC(=S)Nc1ccc2ccccc2c1. The van der Waals surface area contributed by atoms with Gasteiger partial charge in [-0.2, -0.15) is 0 Å². The Kier molecular flexibility index (Phi) is 5.49. The van der Waals surface area contributed by atoms with Crippen LogP contribution in [0.15, 0.2) is 95.4 Å².